The van der Waals surface area contributed by atoms with Gasteiger partial charge in [0.15, 0.2) is 5.82 Å². The van der Waals surface area contributed by atoms with E-state index < -0.39 is 0 Å². The van der Waals surface area contributed by atoms with Crippen molar-refractivity contribution < 1.29 is 9.53 Å². The molecule has 1 atom stereocenters. The lowest BCUT2D eigenvalue weighted by Crippen LogP contribution is -2.43. The summed E-state index contributed by atoms with van der Waals surface area (Å²) in [4.78, 5) is 16.0. The van der Waals surface area contributed by atoms with Gasteiger partial charge in [-0.05, 0) is 60.5 Å². The van der Waals surface area contributed by atoms with Crippen LogP contribution in [0.25, 0.3) is 10.6 Å². The first-order valence-corrected chi connectivity index (χ1v) is 11.1. The molecule has 3 aromatic rings. The van der Waals surface area contributed by atoms with E-state index >= 15 is 0 Å². The maximum atomic E-state index is 12.7. The van der Waals surface area contributed by atoms with Gasteiger partial charge in [-0.25, -0.2) is 0 Å². The molecule has 3 heterocycles. The number of nitrogens with one attached hydrogen (secondary N) is 1. The number of nitrogens with zero attached hydrogens (tertiary/aromatic N) is 3. The van der Waals surface area contributed by atoms with Crippen molar-refractivity contribution in [3.05, 3.63) is 59.5 Å². The van der Waals surface area contributed by atoms with E-state index in [9.17, 15) is 4.79 Å². The summed E-state index contributed by atoms with van der Waals surface area (Å²) >= 11 is 1.65. The van der Waals surface area contributed by atoms with Crippen LogP contribution in [0, 0.1) is 5.92 Å². The molecule has 1 aliphatic heterocycles. The van der Waals surface area contributed by atoms with Crippen LogP contribution in [-0.2, 0) is 11.2 Å². The molecule has 7 heteroatoms. The number of hydrogen-bond acceptors (Lipinski definition) is 6. The summed E-state index contributed by atoms with van der Waals surface area (Å²) in [6, 6.07) is 16.0. The number of carbonyl (C=O) groups is 1. The minimum atomic E-state index is -0.0252. The Morgan fingerprint density at radius 1 is 1.23 bits per heavy atom. The lowest BCUT2D eigenvalue weighted by molar-refractivity contribution is -0.125. The molecule has 1 fully saturated rings. The van der Waals surface area contributed by atoms with Crippen molar-refractivity contribution in [1.82, 2.24) is 15.5 Å². The Hall–Kier alpha value is -2.93. The van der Waals surface area contributed by atoms with E-state index in [-0.39, 0.29) is 11.8 Å². The van der Waals surface area contributed by atoms with Crippen LogP contribution in [0.3, 0.4) is 0 Å². The van der Waals surface area contributed by atoms with Crippen molar-refractivity contribution in [2.75, 3.05) is 31.6 Å². The van der Waals surface area contributed by atoms with Gasteiger partial charge in [0.1, 0.15) is 11.4 Å². The Labute approximate surface area is 180 Å². The highest BCUT2D eigenvalue weighted by molar-refractivity contribution is 7.13. The lowest BCUT2D eigenvalue weighted by atomic mass is 9.97. The second kappa shape index (κ2) is 9.71. The SMILES string of the molecule is COc1cccc(CCNC(=O)C2CCCN(c3ccc(-c4cccs4)nn3)C2)c1. The molecule has 1 amide bonds. The van der Waals surface area contributed by atoms with Crippen LogP contribution < -0.4 is 15.0 Å². The van der Waals surface area contributed by atoms with Crippen molar-refractivity contribution in [1.29, 1.82) is 0 Å². The predicted molar refractivity (Wildman–Crippen MR) is 120 cm³/mol. The first-order valence-electron chi connectivity index (χ1n) is 10.3. The summed E-state index contributed by atoms with van der Waals surface area (Å²) in [5.74, 6) is 1.77. The second-order valence-corrected chi connectivity index (χ2v) is 8.38. The third-order valence-electron chi connectivity index (χ3n) is 5.39. The zero-order valence-corrected chi connectivity index (χ0v) is 17.9. The van der Waals surface area contributed by atoms with E-state index in [0.717, 1.165) is 53.5 Å². The fourth-order valence-corrected chi connectivity index (χ4v) is 4.44. The quantitative estimate of drug-likeness (QED) is 0.627. The van der Waals surface area contributed by atoms with Crippen molar-refractivity contribution in [3.63, 3.8) is 0 Å². The van der Waals surface area contributed by atoms with Gasteiger partial charge in [-0.1, -0.05) is 18.2 Å². The van der Waals surface area contributed by atoms with Crippen molar-refractivity contribution >= 4 is 23.1 Å². The zero-order chi connectivity index (χ0) is 20.8. The molecule has 1 saturated heterocycles. The van der Waals surface area contributed by atoms with Gasteiger partial charge in [-0.2, -0.15) is 0 Å². The number of methoxy groups -OCH3 is 1. The molecule has 2 aromatic heterocycles. The molecule has 4 rings (SSSR count). The number of amides is 1. The van der Waals surface area contributed by atoms with Crippen LogP contribution >= 0.6 is 11.3 Å². The molecular formula is C23H26N4O2S. The summed E-state index contributed by atoms with van der Waals surface area (Å²) in [5, 5.41) is 13.9. The number of ether oxygens (including phenoxy) is 1. The van der Waals surface area contributed by atoms with Crippen LogP contribution in [0.1, 0.15) is 18.4 Å². The first kappa shape index (κ1) is 20.3. The normalized spacial score (nSPS) is 16.3. The fraction of sp³-hybridized carbons (Fsp3) is 0.348. The zero-order valence-electron chi connectivity index (χ0n) is 17.1. The van der Waals surface area contributed by atoms with Crippen molar-refractivity contribution in [2.45, 2.75) is 19.3 Å². The van der Waals surface area contributed by atoms with E-state index in [2.05, 4.69) is 26.5 Å². The molecule has 1 unspecified atom stereocenters. The topological polar surface area (TPSA) is 67.3 Å². The van der Waals surface area contributed by atoms with Crippen LogP contribution in [-0.4, -0.2) is 42.8 Å². The van der Waals surface area contributed by atoms with Gasteiger partial charge in [0.25, 0.3) is 0 Å². The van der Waals surface area contributed by atoms with Crippen molar-refractivity contribution in [3.8, 4) is 16.3 Å². The predicted octanol–water partition coefficient (Wildman–Crippen LogP) is 3.79. The third kappa shape index (κ3) is 4.97. The van der Waals surface area contributed by atoms with E-state index in [1.54, 1.807) is 18.4 Å². The van der Waals surface area contributed by atoms with Crippen LogP contribution in [0.4, 0.5) is 5.82 Å². The lowest BCUT2D eigenvalue weighted by Gasteiger charge is -2.32. The Morgan fingerprint density at radius 2 is 2.17 bits per heavy atom. The first-order chi connectivity index (χ1) is 14.7. The summed E-state index contributed by atoms with van der Waals surface area (Å²) in [5.41, 5.74) is 2.04. The molecule has 1 aromatic carbocycles. The molecule has 156 valence electrons. The molecular weight excluding hydrogens is 396 g/mol. The van der Waals surface area contributed by atoms with E-state index in [0.29, 0.717) is 13.1 Å². The number of carbonyl (C=O) groups excluding carboxylic acids is 1. The Bertz CT molecular complexity index is 960. The number of hydrogen-bond donors (Lipinski definition) is 1. The van der Waals surface area contributed by atoms with Crippen LogP contribution in [0.2, 0.25) is 0 Å². The Balaban J connectivity index is 1.30. The average Bonchev–Trinajstić information content (AvgIpc) is 3.34. The molecule has 0 spiro atoms. The highest BCUT2D eigenvalue weighted by Gasteiger charge is 2.26. The third-order valence-corrected chi connectivity index (χ3v) is 6.28. The minimum Gasteiger partial charge on any atom is -0.497 e. The summed E-state index contributed by atoms with van der Waals surface area (Å²) in [7, 11) is 1.66. The van der Waals surface area contributed by atoms with Crippen molar-refractivity contribution in [2.24, 2.45) is 5.92 Å². The van der Waals surface area contributed by atoms with Gasteiger partial charge in [-0.3, -0.25) is 4.79 Å². The standard InChI is InChI=1S/C23H26N4O2S/c1-29-19-7-2-5-17(15-19)11-12-24-23(28)18-6-3-13-27(16-18)22-10-9-20(25-26-22)21-8-4-14-30-21/h2,4-5,7-10,14-15,18H,3,6,11-13,16H2,1H3,(H,24,28). The maximum Gasteiger partial charge on any atom is 0.224 e. The van der Waals surface area contributed by atoms with E-state index in [4.69, 9.17) is 4.74 Å². The smallest absolute Gasteiger partial charge is 0.224 e. The fourth-order valence-electron chi connectivity index (χ4n) is 3.75. The number of thiophene rings is 1. The van der Waals surface area contributed by atoms with Crippen LogP contribution in [0.5, 0.6) is 5.75 Å². The Kier molecular flexibility index (Phi) is 6.59. The van der Waals surface area contributed by atoms with Gasteiger partial charge >= 0.3 is 0 Å². The average molecular weight is 423 g/mol. The highest BCUT2D eigenvalue weighted by atomic mass is 32.1. The highest BCUT2D eigenvalue weighted by Crippen LogP contribution is 2.25. The van der Waals surface area contributed by atoms with Gasteiger partial charge in [0.2, 0.25) is 5.91 Å². The monoisotopic (exact) mass is 422 g/mol. The van der Waals surface area contributed by atoms with Gasteiger partial charge in [0.05, 0.1) is 17.9 Å². The number of aromatic nitrogens is 2. The van der Waals surface area contributed by atoms with Gasteiger partial charge < -0.3 is 15.0 Å². The van der Waals surface area contributed by atoms with Gasteiger partial charge in [0, 0.05) is 19.6 Å². The molecule has 0 radical (unpaired) electrons. The summed E-state index contributed by atoms with van der Waals surface area (Å²) < 4.78 is 5.26. The molecule has 0 aliphatic carbocycles. The van der Waals surface area contributed by atoms with Gasteiger partial charge in [-0.15, -0.1) is 21.5 Å². The number of benzene rings is 1. The van der Waals surface area contributed by atoms with Crippen LogP contribution in [0.15, 0.2) is 53.9 Å². The Morgan fingerprint density at radius 3 is 2.93 bits per heavy atom. The van der Waals surface area contributed by atoms with E-state index in [1.165, 1.54) is 0 Å². The summed E-state index contributed by atoms with van der Waals surface area (Å²) in [6.45, 7) is 2.20. The number of rotatable bonds is 7. The minimum absolute atomic E-state index is 0.0252. The molecule has 1 N–H and O–H groups in total. The largest absolute Gasteiger partial charge is 0.497 e. The maximum absolute atomic E-state index is 12.7. The molecule has 0 bridgehead atoms. The summed E-state index contributed by atoms with van der Waals surface area (Å²) in [6.07, 6.45) is 2.67. The molecule has 0 saturated carbocycles. The van der Waals surface area contributed by atoms with E-state index in [1.807, 2.05) is 47.8 Å². The second-order valence-electron chi connectivity index (χ2n) is 7.43. The molecule has 6 nitrogen and oxygen atoms in total. The number of anilines is 1. The number of piperidine rings is 1. The molecule has 1 aliphatic rings. The molecule has 30 heavy (non-hydrogen) atoms.